The third-order valence-electron chi connectivity index (χ3n) is 6.32. The number of rotatable bonds is 3. The summed E-state index contributed by atoms with van der Waals surface area (Å²) in [5, 5.41) is 0.917. The number of pyridine rings is 2. The molecule has 0 amide bonds. The summed E-state index contributed by atoms with van der Waals surface area (Å²) in [6, 6.07) is 9.11. The second-order valence-electron chi connectivity index (χ2n) is 7.97. The van der Waals surface area contributed by atoms with Crippen molar-refractivity contribution in [3.63, 3.8) is 0 Å². The number of hydrogen-bond acceptors (Lipinski definition) is 4. The molecule has 0 bridgehead atoms. The number of hydrogen-bond donors (Lipinski definition) is 0. The number of aryl methyl sites for hydroxylation is 1. The van der Waals surface area contributed by atoms with Gasteiger partial charge in [0.2, 0.25) is 5.95 Å². The number of halogens is 1. The Morgan fingerprint density at radius 2 is 1.80 bits per heavy atom. The topological polar surface area (TPSA) is 61.9 Å². The zero-order valence-electron chi connectivity index (χ0n) is 17.0. The van der Waals surface area contributed by atoms with E-state index in [4.69, 9.17) is 4.74 Å². The van der Waals surface area contributed by atoms with Gasteiger partial charge >= 0.3 is 5.69 Å². The van der Waals surface area contributed by atoms with Crippen molar-refractivity contribution < 1.29 is 9.13 Å². The first kappa shape index (κ1) is 18.9. The molecular formula is C23H23FN4O2. The van der Waals surface area contributed by atoms with Crippen LogP contribution in [-0.2, 0) is 11.8 Å². The lowest BCUT2D eigenvalue weighted by Crippen LogP contribution is -2.30. The van der Waals surface area contributed by atoms with E-state index in [9.17, 15) is 9.18 Å². The Labute approximate surface area is 172 Å². The smallest absolute Gasteiger partial charge is 0.329 e. The maximum absolute atomic E-state index is 13.3. The summed E-state index contributed by atoms with van der Waals surface area (Å²) < 4.78 is 22.4. The molecule has 1 aromatic carbocycles. The van der Waals surface area contributed by atoms with Gasteiger partial charge in [-0.15, -0.1) is 0 Å². The maximum atomic E-state index is 13.3. The minimum Gasteiger partial charge on any atom is -0.381 e. The lowest BCUT2D eigenvalue weighted by atomic mass is 9.92. The first-order valence-corrected chi connectivity index (χ1v) is 10.2. The molecule has 1 fully saturated rings. The SMILES string of the molecule is COC1CCC(n2c(=O)n(C)c3cnc4ccc(-c5ccc(F)nc5)cc4c32)CC1. The average Bonchev–Trinajstić information content (AvgIpc) is 3.04. The number of ether oxygens (including phenoxy) is 1. The average molecular weight is 406 g/mol. The monoisotopic (exact) mass is 406 g/mol. The van der Waals surface area contributed by atoms with E-state index in [-0.39, 0.29) is 17.8 Å². The van der Waals surface area contributed by atoms with Gasteiger partial charge in [0, 0.05) is 37.3 Å². The molecule has 1 aliphatic rings. The first-order valence-electron chi connectivity index (χ1n) is 10.2. The van der Waals surface area contributed by atoms with Crippen LogP contribution in [0, 0.1) is 5.95 Å². The normalized spacial score (nSPS) is 19.6. The van der Waals surface area contributed by atoms with E-state index in [1.54, 1.807) is 31.0 Å². The van der Waals surface area contributed by atoms with Gasteiger partial charge in [-0.1, -0.05) is 6.07 Å². The van der Waals surface area contributed by atoms with Gasteiger partial charge in [0.1, 0.15) is 0 Å². The van der Waals surface area contributed by atoms with Crippen molar-refractivity contribution in [2.24, 2.45) is 7.05 Å². The van der Waals surface area contributed by atoms with E-state index in [1.807, 2.05) is 22.8 Å². The number of imidazole rings is 1. The molecule has 0 N–H and O–H groups in total. The fraction of sp³-hybridized carbons (Fsp3) is 0.348. The predicted octanol–water partition coefficient (Wildman–Crippen LogP) is 4.22. The number of nitrogens with zero attached hydrogens (tertiary/aromatic N) is 4. The molecule has 4 aromatic rings. The molecule has 0 saturated heterocycles. The molecule has 3 aromatic heterocycles. The Bertz CT molecular complexity index is 1280. The minimum absolute atomic E-state index is 0.0194. The summed E-state index contributed by atoms with van der Waals surface area (Å²) in [7, 11) is 3.54. The Morgan fingerprint density at radius 3 is 2.50 bits per heavy atom. The van der Waals surface area contributed by atoms with Gasteiger partial charge in [-0.3, -0.25) is 14.1 Å². The van der Waals surface area contributed by atoms with Crippen molar-refractivity contribution in [2.45, 2.75) is 37.8 Å². The van der Waals surface area contributed by atoms with Crippen LogP contribution in [0.5, 0.6) is 0 Å². The first-order chi connectivity index (χ1) is 14.6. The molecule has 3 heterocycles. The van der Waals surface area contributed by atoms with E-state index in [0.29, 0.717) is 0 Å². The van der Waals surface area contributed by atoms with Crippen molar-refractivity contribution in [2.75, 3.05) is 7.11 Å². The summed E-state index contributed by atoms with van der Waals surface area (Å²) in [5.41, 5.74) is 4.26. The second-order valence-corrected chi connectivity index (χ2v) is 7.97. The Kier molecular flexibility index (Phi) is 4.62. The van der Waals surface area contributed by atoms with Crippen LogP contribution in [0.25, 0.3) is 33.1 Å². The molecule has 5 rings (SSSR count). The fourth-order valence-corrected chi connectivity index (χ4v) is 4.63. The summed E-state index contributed by atoms with van der Waals surface area (Å²) in [4.78, 5) is 21.5. The second kappa shape index (κ2) is 7.32. The number of aromatic nitrogens is 4. The van der Waals surface area contributed by atoms with E-state index in [0.717, 1.165) is 58.7 Å². The Morgan fingerprint density at radius 1 is 1.03 bits per heavy atom. The quantitative estimate of drug-likeness (QED) is 0.478. The highest BCUT2D eigenvalue weighted by Crippen LogP contribution is 2.34. The maximum Gasteiger partial charge on any atom is 0.329 e. The zero-order valence-corrected chi connectivity index (χ0v) is 17.0. The van der Waals surface area contributed by atoms with Gasteiger partial charge in [-0.25, -0.2) is 9.78 Å². The van der Waals surface area contributed by atoms with Gasteiger partial charge in [0.05, 0.1) is 28.9 Å². The van der Waals surface area contributed by atoms with Crippen molar-refractivity contribution in [3.05, 3.63) is 59.2 Å². The lowest BCUT2D eigenvalue weighted by molar-refractivity contribution is 0.0585. The van der Waals surface area contributed by atoms with Crippen LogP contribution in [0.4, 0.5) is 4.39 Å². The Balaban J connectivity index is 1.72. The molecule has 0 radical (unpaired) electrons. The van der Waals surface area contributed by atoms with Crippen LogP contribution in [0.15, 0.2) is 47.5 Å². The highest BCUT2D eigenvalue weighted by Gasteiger charge is 2.26. The largest absolute Gasteiger partial charge is 0.381 e. The summed E-state index contributed by atoms with van der Waals surface area (Å²) >= 11 is 0. The molecule has 30 heavy (non-hydrogen) atoms. The van der Waals surface area contributed by atoms with Gasteiger partial charge in [0.25, 0.3) is 0 Å². The van der Waals surface area contributed by atoms with E-state index in [1.165, 1.54) is 12.3 Å². The molecule has 6 nitrogen and oxygen atoms in total. The molecule has 1 aliphatic carbocycles. The highest BCUT2D eigenvalue weighted by atomic mass is 19.1. The van der Waals surface area contributed by atoms with Gasteiger partial charge < -0.3 is 4.74 Å². The highest BCUT2D eigenvalue weighted by molar-refractivity contribution is 6.04. The number of methoxy groups -OCH3 is 1. The van der Waals surface area contributed by atoms with Crippen LogP contribution < -0.4 is 5.69 Å². The van der Waals surface area contributed by atoms with Crippen LogP contribution in [0.3, 0.4) is 0 Å². The van der Waals surface area contributed by atoms with E-state index in [2.05, 4.69) is 9.97 Å². The number of fused-ring (bicyclic) bond motifs is 3. The van der Waals surface area contributed by atoms with Crippen LogP contribution in [0.1, 0.15) is 31.7 Å². The molecule has 0 aliphatic heterocycles. The van der Waals surface area contributed by atoms with Gasteiger partial charge in [-0.2, -0.15) is 4.39 Å². The standard InChI is InChI=1S/C23H23FN4O2/c1-27-20-13-25-19-9-3-14(15-4-10-21(24)26-12-15)11-18(19)22(20)28(23(27)29)16-5-7-17(30-2)8-6-16/h3-4,9-13,16-17H,5-8H2,1-2H3. The summed E-state index contributed by atoms with van der Waals surface area (Å²) in [5.74, 6) is -0.507. The molecule has 0 spiro atoms. The zero-order chi connectivity index (χ0) is 20.8. The van der Waals surface area contributed by atoms with Crippen molar-refractivity contribution in [1.82, 2.24) is 19.1 Å². The number of benzene rings is 1. The molecule has 7 heteroatoms. The van der Waals surface area contributed by atoms with Crippen molar-refractivity contribution in [1.29, 1.82) is 0 Å². The fourth-order valence-electron chi connectivity index (χ4n) is 4.63. The van der Waals surface area contributed by atoms with Crippen LogP contribution >= 0.6 is 0 Å². The van der Waals surface area contributed by atoms with Crippen LogP contribution in [0.2, 0.25) is 0 Å². The van der Waals surface area contributed by atoms with Gasteiger partial charge in [0.15, 0.2) is 0 Å². The van der Waals surface area contributed by atoms with E-state index < -0.39 is 5.95 Å². The molecule has 0 atom stereocenters. The molecule has 154 valence electrons. The molecule has 1 saturated carbocycles. The summed E-state index contributed by atoms with van der Waals surface area (Å²) in [6.45, 7) is 0. The minimum atomic E-state index is -0.507. The molecular weight excluding hydrogens is 383 g/mol. The molecule has 0 unspecified atom stereocenters. The predicted molar refractivity (Wildman–Crippen MR) is 114 cm³/mol. The lowest BCUT2D eigenvalue weighted by Gasteiger charge is -2.28. The van der Waals surface area contributed by atoms with Crippen LogP contribution in [-0.4, -0.2) is 32.3 Å². The third-order valence-corrected chi connectivity index (χ3v) is 6.32. The van der Waals surface area contributed by atoms with Gasteiger partial charge in [-0.05, 0) is 55.5 Å². The van der Waals surface area contributed by atoms with Crippen molar-refractivity contribution >= 4 is 21.9 Å². The van der Waals surface area contributed by atoms with Crippen molar-refractivity contribution in [3.8, 4) is 11.1 Å². The third kappa shape index (κ3) is 3.01. The van der Waals surface area contributed by atoms with E-state index >= 15 is 0 Å². The Hall–Kier alpha value is -3.06. The summed E-state index contributed by atoms with van der Waals surface area (Å²) in [6.07, 6.45) is 7.26.